The molecule has 0 saturated heterocycles. The van der Waals surface area contributed by atoms with Crippen LogP contribution in [0.2, 0.25) is 5.02 Å². The fraction of sp³-hybridized carbons (Fsp3) is 0.133. The Morgan fingerprint density at radius 2 is 1.95 bits per heavy atom. The largest absolute Gasteiger partial charge is 0.496 e. The summed E-state index contributed by atoms with van der Waals surface area (Å²) in [6.07, 6.45) is 0. The molecule has 0 heterocycles. The van der Waals surface area contributed by atoms with Crippen LogP contribution in [0.25, 0.3) is 0 Å². The molecule has 0 bridgehead atoms. The topological polar surface area (TPSA) is 38.3 Å². The maximum atomic E-state index is 13.5. The molecule has 2 rings (SSSR count). The number of benzene rings is 2. The zero-order valence-corrected chi connectivity index (χ0v) is 11.9. The summed E-state index contributed by atoms with van der Waals surface area (Å²) >= 11 is 6.03. The van der Waals surface area contributed by atoms with Gasteiger partial charge in [0.25, 0.3) is 5.91 Å². The van der Waals surface area contributed by atoms with Crippen molar-refractivity contribution < 1.29 is 18.3 Å². The number of amides is 1. The van der Waals surface area contributed by atoms with Crippen LogP contribution >= 0.6 is 11.6 Å². The van der Waals surface area contributed by atoms with Crippen LogP contribution in [-0.4, -0.2) is 13.0 Å². The minimum atomic E-state index is -1.18. The summed E-state index contributed by atoms with van der Waals surface area (Å²) in [7, 11) is 1.48. The van der Waals surface area contributed by atoms with E-state index < -0.39 is 17.5 Å². The van der Waals surface area contributed by atoms with Gasteiger partial charge in [0.15, 0.2) is 11.6 Å². The fourth-order valence-electron chi connectivity index (χ4n) is 1.84. The van der Waals surface area contributed by atoms with E-state index in [0.717, 1.165) is 6.07 Å². The maximum absolute atomic E-state index is 13.5. The van der Waals surface area contributed by atoms with Gasteiger partial charge < -0.3 is 10.1 Å². The first kappa shape index (κ1) is 15.3. The van der Waals surface area contributed by atoms with Crippen molar-refractivity contribution in [2.24, 2.45) is 0 Å². The van der Waals surface area contributed by atoms with Crippen LogP contribution in [-0.2, 0) is 6.54 Å². The molecule has 0 spiro atoms. The lowest BCUT2D eigenvalue weighted by atomic mass is 10.1. The lowest BCUT2D eigenvalue weighted by molar-refractivity contribution is 0.0945. The standard InChI is InChI=1S/C15H12ClF2NO2/c1-21-13-7-3-5-11(16)10(13)8-19-15(20)9-4-2-6-12(17)14(9)18/h2-7H,8H2,1H3,(H,19,20). The average Bonchev–Trinajstić information content (AvgIpc) is 2.48. The Hall–Kier alpha value is -2.14. The van der Waals surface area contributed by atoms with Crippen LogP contribution in [0.4, 0.5) is 8.78 Å². The van der Waals surface area contributed by atoms with Gasteiger partial charge >= 0.3 is 0 Å². The van der Waals surface area contributed by atoms with E-state index in [4.69, 9.17) is 16.3 Å². The minimum absolute atomic E-state index is 0.0393. The second kappa shape index (κ2) is 6.54. The predicted molar refractivity (Wildman–Crippen MR) is 75.5 cm³/mol. The van der Waals surface area contributed by atoms with Crippen molar-refractivity contribution in [3.8, 4) is 5.75 Å². The summed E-state index contributed by atoms with van der Waals surface area (Å²) in [5.74, 6) is -2.48. The average molecular weight is 312 g/mol. The van der Waals surface area contributed by atoms with E-state index in [-0.39, 0.29) is 12.1 Å². The third kappa shape index (κ3) is 3.31. The summed E-state index contributed by atoms with van der Waals surface area (Å²) < 4.78 is 31.7. The fourth-order valence-corrected chi connectivity index (χ4v) is 2.08. The summed E-state index contributed by atoms with van der Waals surface area (Å²) in [5.41, 5.74) is 0.202. The number of nitrogens with one attached hydrogen (secondary N) is 1. The molecule has 0 atom stereocenters. The zero-order valence-electron chi connectivity index (χ0n) is 11.1. The van der Waals surface area contributed by atoms with Crippen molar-refractivity contribution in [1.29, 1.82) is 0 Å². The van der Waals surface area contributed by atoms with Crippen molar-refractivity contribution >= 4 is 17.5 Å². The lowest BCUT2D eigenvalue weighted by Crippen LogP contribution is -2.24. The first-order valence-corrected chi connectivity index (χ1v) is 6.46. The normalized spacial score (nSPS) is 10.3. The van der Waals surface area contributed by atoms with Crippen LogP contribution < -0.4 is 10.1 Å². The SMILES string of the molecule is COc1cccc(Cl)c1CNC(=O)c1cccc(F)c1F. The molecule has 2 aromatic carbocycles. The maximum Gasteiger partial charge on any atom is 0.254 e. The third-order valence-corrected chi connectivity index (χ3v) is 3.27. The number of carbonyl (C=O) groups is 1. The van der Waals surface area contributed by atoms with Crippen molar-refractivity contribution in [1.82, 2.24) is 5.32 Å². The molecular formula is C15H12ClF2NO2. The molecule has 110 valence electrons. The molecule has 1 amide bonds. The summed E-state index contributed by atoms with van der Waals surface area (Å²) in [6.45, 7) is 0.0393. The number of carbonyl (C=O) groups excluding carboxylic acids is 1. The Morgan fingerprint density at radius 1 is 1.24 bits per heavy atom. The van der Waals surface area contributed by atoms with Gasteiger partial charge in [-0.3, -0.25) is 4.79 Å². The second-order valence-corrected chi connectivity index (χ2v) is 4.61. The van der Waals surface area contributed by atoms with Gasteiger partial charge in [-0.15, -0.1) is 0 Å². The first-order chi connectivity index (χ1) is 10.0. The van der Waals surface area contributed by atoms with Crippen LogP contribution in [0.15, 0.2) is 36.4 Å². The van der Waals surface area contributed by atoms with E-state index in [1.165, 1.54) is 19.2 Å². The first-order valence-electron chi connectivity index (χ1n) is 6.08. The van der Waals surface area contributed by atoms with E-state index >= 15 is 0 Å². The molecule has 1 N–H and O–H groups in total. The lowest BCUT2D eigenvalue weighted by Gasteiger charge is -2.11. The number of ether oxygens (including phenoxy) is 1. The molecule has 0 aromatic heterocycles. The molecule has 0 aliphatic rings. The monoisotopic (exact) mass is 311 g/mol. The summed E-state index contributed by atoms with van der Waals surface area (Å²) in [5, 5.41) is 2.90. The highest BCUT2D eigenvalue weighted by molar-refractivity contribution is 6.31. The van der Waals surface area contributed by atoms with Gasteiger partial charge in [0.2, 0.25) is 0 Å². The van der Waals surface area contributed by atoms with Crippen molar-refractivity contribution in [2.75, 3.05) is 7.11 Å². The quantitative estimate of drug-likeness (QED) is 0.937. The van der Waals surface area contributed by atoms with Gasteiger partial charge in [0.1, 0.15) is 5.75 Å². The zero-order chi connectivity index (χ0) is 15.4. The Morgan fingerprint density at radius 3 is 2.67 bits per heavy atom. The highest BCUT2D eigenvalue weighted by Gasteiger charge is 2.16. The summed E-state index contributed by atoms with van der Waals surface area (Å²) in [4.78, 5) is 11.9. The van der Waals surface area contributed by atoms with Crippen LogP contribution in [0, 0.1) is 11.6 Å². The molecular weight excluding hydrogens is 300 g/mol. The third-order valence-electron chi connectivity index (χ3n) is 2.92. The highest BCUT2D eigenvalue weighted by Crippen LogP contribution is 2.26. The van der Waals surface area contributed by atoms with Gasteiger partial charge in [-0.1, -0.05) is 23.7 Å². The van der Waals surface area contributed by atoms with Crippen molar-refractivity contribution in [2.45, 2.75) is 6.54 Å². The Kier molecular flexibility index (Phi) is 4.75. The van der Waals surface area contributed by atoms with Gasteiger partial charge in [-0.2, -0.15) is 0 Å². The van der Waals surface area contributed by atoms with E-state index in [0.29, 0.717) is 16.3 Å². The molecule has 0 aliphatic heterocycles. The smallest absolute Gasteiger partial charge is 0.254 e. The highest BCUT2D eigenvalue weighted by atomic mass is 35.5. The number of hydrogen-bond donors (Lipinski definition) is 1. The van der Waals surface area contributed by atoms with Crippen molar-refractivity contribution in [3.63, 3.8) is 0 Å². The van der Waals surface area contributed by atoms with Gasteiger partial charge in [-0.25, -0.2) is 8.78 Å². The minimum Gasteiger partial charge on any atom is -0.496 e. The van der Waals surface area contributed by atoms with Crippen molar-refractivity contribution in [3.05, 3.63) is 64.2 Å². The van der Waals surface area contributed by atoms with Crippen LogP contribution in [0.5, 0.6) is 5.75 Å². The molecule has 0 fully saturated rings. The molecule has 0 radical (unpaired) electrons. The summed E-state index contributed by atoms with van der Waals surface area (Å²) in [6, 6.07) is 8.47. The Labute approximate surface area is 125 Å². The molecule has 3 nitrogen and oxygen atoms in total. The molecule has 0 unspecified atom stereocenters. The number of hydrogen-bond acceptors (Lipinski definition) is 2. The van der Waals surface area contributed by atoms with Gasteiger partial charge in [0, 0.05) is 17.1 Å². The molecule has 0 aliphatic carbocycles. The number of methoxy groups -OCH3 is 1. The number of rotatable bonds is 4. The Balaban J connectivity index is 2.17. The number of halogens is 3. The predicted octanol–water partition coefficient (Wildman–Crippen LogP) is 3.56. The van der Waals surface area contributed by atoms with Gasteiger partial charge in [0.05, 0.1) is 12.7 Å². The molecule has 2 aromatic rings. The van der Waals surface area contributed by atoms with Crippen LogP contribution in [0.3, 0.4) is 0 Å². The van der Waals surface area contributed by atoms with E-state index in [1.54, 1.807) is 18.2 Å². The van der Waals surface area contributed by atoms with E-state index in [2.05, 4.69) is 5.32 Å². The second-order valence-electron chi connectivity index (χ2n) is 4.20. The Bertz CT molecular complexity index is 677. The van der Waals surface area contributed by atoms with Gasteiger partial charge in [-0.05, 0) is 24.3 Å². The molecule has 0 saturated carbocycles. The van der Waals surface area contributed by atoms with E-state index in [9.17, 15) is 13.6 Å². The molecule has 6 heteroatoms. The molecule has 21 heavy (non-hydrogen) atoms. The van der Waals surface area contributed by atoms with E-state index in [1.807, 2.05) is 0 Å². The van der Waals surface area contributed by atoms with Crippen LogP contribution in [0.1, 0.15) is 15.9 Å².